The zero-order valence-electron chi connectivity index (χ0n) is 10.6. The Hall–Kier alpha value is -1.40. The summed E-state index contributed by atoms with van der Waals surface area (Å²) in [5.41, 5.74) is 1.13. The number of aliphatic carboxylic acids is 1. The maximum absolute atomic E-state index is 10.9. The molecule has 6 nitrogen and oxygen atoms in total. The van der Waals surface area contributed by atoms with Gasteiger partial charge in [-0.3, -0.25) is 9.58 Å². The van der Waals surface area contributed by atoms with Gasteiger partial charge < -0.3 is 9.84 Å². The molecule has 6 heteroatoms. The molecule has 2 heterocycles. The lowest BCUT2D eigenvalue weighted by molar-refractivity contribution is -0.156. The molecular formula is C12H19N3O3. The van der Waals surface area contributed by atoms with Crippen LogP contribution in [0.25, 0.3) is 0 Å². The van der Waals surface area contributed by atoms with Gasteiger partial charge in [0, 0.05) is 32.4 Å². The summed E-state index contributed by atoms with van der Waals surface area (Å²) in [6.45, 7) is 5.41. The van der Waals surface area contributed by atoms with Crippen molar-refractivity contribution in [1.29, 1.82) is 0 Å². The summed E-state index contributed by atoms with van der Waals surface area (Å²) in [5, 5.41) is 13.2. The van der Waals surface area contributed by atoms with Crippen molar-refractivity contribution in [3.63, 3.8) is 0 Å². The molecule has 1 aliphatic heterocycles. The highest BCUT2D eigenvalue weighted by molar-refractivity contribution is 5.72. The van der Waals surface area contributed by atoms with Gasteiger partial charge in [0.2, 0.25) is 0 Å². The van der Waals surface area contributed by atoms with Gasteiger partial charge in [0.05, 0.1) is 12.3 Å². The number of morpholine rings is 1. The van der Waals surface area contributed by atoms with E-state index in [9.17, 15) is 4.79 Å². The van der Waals surface area contributed by atoms with Gasteiger partial charge in [-0.1, -0.05) is 6.92 Å². The van der Waals surface area contributed by atoms with Gasteiger partial charge in [-0.2, -0.15) is 5.10 Å². The predicted octanol–water partition coefficient (Wildman–Crippen LogP) is 0.579. The molecule has 1 saturated heterocycles. The van der Waals surface area contributed by atoms with Crippen molar-refractivity contribution < 1.29 is 14.6 Å². The molecular weight excluding hydrogens is 234 g/mol. The van der Waals surface area contributed by atoms with E-state index in [-0.39, 0.29) is 0 Å². The fourth-order valence-electron chi connectivity index (χ4n) is 2.13. The number of ether oxygens (including phenoxy) is 1. The number of hydrogen-bond acceptors (Lipinski definition) is 4. The number of carboxylic acid groups (broad SMARTS) is 1. The van der Waals surface area contributed by atoms with Crippen LogP contribution < -0.4 is 0 Å². The zero-order valence-corrected chi connectivity index (χ0v) is 10.6. The lowest BCUT2D eigenvalue weighted by Crippen LogP contribution is -2.45. The third kappa shape index (κ3) is 3.08. The van der Waals surface area contributed by atoms with Crippen molar-refractivity contribution in [2.75, 3.05) is 19.7 Å². The molecule has 1 N–H and O–H groups in total. The van der Waals surface area contributed by atoms with Gasteiger partial charge in [0.15, 0.2) is 6.10 Å². The molecule has 0 radical (unpaired) electrons. The maximum Gasteiger partial charge on any atom is 0.334 e. The minimum atomic E-state index is -0.887. The Balaban J connectivity index is 1.96. The summed E-state index contributed by atoms with van der Waals surface area (Å²) in [4.78, 5) is 13.0. The van der Waals surface area contributed by atoms with E-state index in [0.29, 0.717) is 13.2 Å². The fourth-order valence-corrected chi connectivity index (χ4v) is 2.13. The molecule has 1 fully saturated rings. The molecule has 0 amide bonds. The zero-order chi connectivity index (χ0) is 13.0. The van der Waals surface area contributed by atoms with Crippen molar-refractivity contribution in [3.8, 4) is 0 Å². The predicted molar refractivity (Wildman–Crippen MR) is 65.2 cm³/mol. The van der Waals surface area contributed by atoms with Crippen molar-refractivity contribution in [2.45, 2.75) is 32.5 Å². The number of rotatable bonds is 5. The van der Waals surface area contributed by atoms with E-state index < -0.39 is 12.1 Å². The molecule has 0 aliphatic carbocycles. The van der Waals surface area contributed by atoms with E-state index in [1.807, 2.05) is 10.7 Å². The second-order valence-corrected chi connectivity index (χ2v) is 4.48. The van der Waals surface area contributed by atoms with Crippen LogP contribution in [0, 0.1) is 0 Å². The van der Waals surface area contributed by atoms with Crippen LogP contribution in [0.1, 0.15) is 19.0 Å². The van der Waals surface area contributed by atoms with Crippen LogP contribution in [0.15, 0.2) is 12.3 Å². The van der Waals surface area contributed by atoms with Gasteiger partial charge in [0.1, 0.15) is 0 Å². The molecule has 2 rings (SSSR count). The minimum Gasteiger partial charge on any atom is -0.479 e. The van der Waals surface area contributed by atoms with E-state index in [4.69, 9.17) is 9.84 Å². The van der Waals surface area contributed by atoms with Gasteiger partial charge in [0.25, 0.3) is 0 Å². The first-order valence-corrected chi connectivity index (χ1v) is 6.28. The van der Waals surface area contributed by atoms with Crippen LogP contribution >= 0.6 is 0 Å². The summed E-state index contributed by atoms with van der Waals surface area (Å²) in [7, 11) is 0. The van der Waals surface area contributed by atoms with Gasteiger partial charge >= 0.3 is 5.97 Å². The van der Waals surface area contributed by atoms with Crippen LogP contribution in [-0.4, -0.2) is 51.6 Å². The largest absolute Gasteiger partial charge is 0.479 e. The lowest BCUT2D eigenvalue weighted by atomic mass is 10.2. The standard InChI is InChI=1S/C12H19N3O3/c1-2-5-15-10(3-4-13-15)8-14-6-7-18-11(9-14)12(16)17/h3-4,11H,2,5-9H2,1H3,(H,16,17). The van der Waals surface area contributed by atoms with Crippen molar-refractivity contribution in [3.05, 3.63) is 18.0 Å². The van der Waals surface area contributed by atoms with Crippen molar-refractivity contribution in [2.24, 2.45) is 0 Å². The second-order valence-electron chi connectivity index (χ2n) is 4.48. The van der Waals surface area contributed by atoms with Crippen molar-refractivity contribution in [1.82, 2.24) is 14.7 Å². The first-order valence-electron chi connectivity index (χ1n) is 6.28. The smallest absolute Gasteiger partial charge is 0.334 e. The minimum absolute atomic E-state index is 0.437. The summed E-state index contributed by atoms with van der Waals surface area (Å²) in [6.07, 6.45) is 2.12. The van der Waals surface area contributed by atoms with Gasteiger partial charge in [-0.25, -0.2) is 4.79 Å². The molecule has 0 saturated carbocycles. The molecule has 1 unspecified atom stereocenters. The molecule has 1 atom stereocenters. The summed E-state index contributed by atoms with van der Waals surface area (Å²) >= 11 is 0. The first-order chi connectivity index (χ1) is 8.70. The van der Waals surface area contributed by atoms with Crippen LogP contribution in [0.4, 0.5) is 0 Å². The molecule has 0 aromatic carbocycles. The summed E-state index contributed by atoms with van der Waals surface area (Å²) < 4.78 is 7.18. The number of aryl methyl sites for hydroxylation is 1. The molecule has 1 aliphatic rings. The fraction of sp³-hybridized carbons (Fsp3) is 0.667. The summed E-state index contributed by atoms with van der Waals surface area (Å²) in [5.74, 6) is -0.887. The van der Waals surface area contributed by atoms with Crippen LogP contribution in [0.2, 0.25) is 0 Å². The van der Waals surface area contributed by atoms with E-state index in [0.717, 1.165) is 31.7 Å². The number of carbonyl (C=O) groups is 1. The Morgan fingerprint density at radius 1 is 1.67 bits per heavy atom. The van der Waals surface area contributed by atoms with Gasteiger partial charge in [-0.15, -0.1) is 0 Å². The Morgan fingerprint density at radius 3 is 3.22 bits per heavy atom. The van der Waals surface area contributed by atoms with Gasteiger partial charge in [-0.05, 0) is 12.5 Å². The number of hydrogen-bond donors (Lipinski definition) is 1. The first kappa shape index (κ1) is 13.0. The third-order valence-electron chi connectivity index (χ3n) is 3.05. The van der Waals surface area contributed by atoms with E-state index >= 15 is 0 Å². The topological polar surface area (TPSA) is 67.6 Å². The monoisotopic (exact) mass is 253 g/mol. The SMILES string of the molecule is CCCn1nccc1CN1CCOC(C(=O)O)C1. The quantitative estimate of drug-likeness (QED) is 0.831. The van der Waals surface area contributed by atoms with E-state index in [1.165, 1.54) is 0 Å². The Morgan fingerprint density at radius 2 is 2.50 bits per heavy atom. The summed E-state index contributed by atoms with van der Waals surface area (Å²) in [6, 6.07) is 1.99. The molecule has 0 bridgehead atoms. The van der Waals surface area contributed by atoms with E-state index in [2.05, 4.69) is 16.9 Å². The Bertz CT molecular complexity index is 405. The van der Waals surface area contributed by atoms with Crippen LogP contribution in [0.3, 0.4) is 0 Å². The number of nitrogens with zero attached hydrogens (tertiary/aromatic N) is 3. The number of carboxylic acids is 1. The Labute approximate surface area is 106 Å². The molecule has 1 aromatic heterocycles. The third-order valence-corrected chi connectivity index (χ3v) is 3.05. The average Bonchev–Trinajstić information content (AvgIpc) is 2.77. The number of aromatic nitrogens is 2. The Kier molecular flexibility index (Phi) is 4.33. The molecule has 1 aromatic rings. The molecule has 100 valence electrons. The maximum atomic E-state index is 10.9. The van der Waals surface area contributed by atoms with Crippen molar-refractivity contribution >= 4 is 5.97 Å². The molecule has 0 spiro atoms. The normalized spacial score (nSPS) is 21.1. The van der Waals surface area contributed by atoms with E-state index in [1.54, 1.807) is 6.20 Å². The average molecular weight is 253 g/mol. The second kappa shape index (κ2) is 5.97. The molecule has 18 heavy (non-hydrogen) atoms. The highest BCUT2D eigenvalue weighted by atomic mass is 16.5. The highest BCUT2D eigenvalue weighted by Gasteiger charge is 2.26. The highest BCUT2D eigenvalue weighted by Crippen LogP contribution is 2.11. The lowest BCUT2D eigenvalue weighted by Gasteiger charge is -2.30. The van der Waals surface area contributed by atoms with Crippen LogP contribution in [-0.2, 0) is 22.6 Å². The van der Waals surface area contributed by atoms with Crippen LogP contribution in [0.5, 0.6) is 0 Å².